The fraction of sp³-hybridized carbons (Fsp3) is 0.0169. The van der Waals surface area contributed by atoms with Crippen LogP contribution in [0.1, 0.15) is 22.3 Å². The van der Waals surface area contributed by atoms with E-state index in [1.165, 1.54) is 33.4 Å². The molecule has 1 aliphatic carbocycles. The maximum Gasteiger partial charge on any atom is 0.160 e. The third kappa shape index (κ3) is 5.67. The number of furan rings is 1. The Morgan fingerprint density at radius 3 is 1.61 bits per heavy atom. The highest BCUT2D eigenvalue weighted by Gasteiger charge is 2.46. The molecule has 0 bridgehead atoms. The first kappa shape index (κ1) is 35.8. The Labute approximate surface area is 360 Å². The molecule has 0 fully saturated rings. The van der Waals surface area contributed by atoms with Gasteiger partial charge in [0.15, 0.2) is 5.82 Å². The first-order valence-corrected chi connectivity index (χ1v) is 21.1. The molecule has 1 aliphatic rings. The van der Waals surface area contributed by atoms with Gasteiger partial charge in [-0.1, -0.05) is 200 Å². The molecular formula is C59H38N2O. The highest BCUT2D eigenvalue weighted by Crippen LogP contribution is 2.56. The van der Waals surface area contributed by atoms with Gasteiger partial charge in [-0.15, -0.1) is 0 Å². The van der Waals surface area contributed by atoms with Gasteiger partial charge in [-0.05, 0) is 86.0 Å². The van der Waals surface area contributed by atoms with Gasteiger partial charge < -0.3 is 4.42 Å². The van der Waals surface area contributed by atoms with E-state index < -0.39 is 5.41 Å². The molecule has 0 saturated carbocycles. The lowest BCUT2D eigenvalue weighted by atomic mass is 9.67. The summed E-state index contributed by atoms with van der Waals surface area (Å²) in [5, 5.41) is 2.14. The van der Waals surface area contributed by atoms with Crippen LogP contribution in [0, 0.1) is 0 Å². The van der Waals surface area contributed by atoms with Crippen LogP contribution in [0.3, 0.4) is 0 Å². The summed E-state index contributed by atoms with van der Waals surface area (Å²) >= 11 is 0. The van der Waals surface area contributed by atoms with Crippen molar-refractivity contribution in [3.05, 3.63) is 253 Å². The van der Waals surface area contributed by atoms with Crippen molar-refractivity contribution in [3.63, 3.8) is 0 Å². The molecule has 0 spiro atoms. The zero-order valence-electron chi connectivity index (χ0n) is 33.7. The molecule has 0 N–H and O–H groups in total. The molecule has 0 radical (unpaired) electrons. The summed E-state index contributed by atoms with van der Waals surface area (Å²) in [5.41, 5.74) is 17.5. The number of nitrogens with zero attached hydrogens (tertiary/aromatic N) is 2. The number of hydrogen-bond donors (Lipinski definition) is 0. The average Bonchev–Trinajstić information content (AvgIpc) is 3.89. The van der Waals surface area contributed by atoms with Crippen molar-refractivity contribution >= 4 is 21.9 Å². The normalized spacial score (nSPS) is 12.6. The predicted octanol–water partition coefficient (Wildman–Crippen LogP) is 15.1. The van der Waals surface area contributed by atoms with E-state index in [4.69, 9.17) is 14.4 Å². The minimum Gasteiger partial charge on any atom is -0.455 e. The summed E-state index contributed by atoms with van der Waals surface area (Å²) in [5.74, 6) is 0.644. The fourth-order valence-electron chi connectivity index (χ4n) is 9.82. The largest absolute Gasteiger partial charge is 0.455 e. The summed E-state index contributed by atoms with van der Waals surface area (Å²) in [6.07, 6.45) is 0. The van der Waals surface area contributed by atoms with Crippen molar-refractivity contribution < 1.29 is 4.42 Å². The Morgan fingerprint density at radius 2 is 0.871 bits per heavy atom. The minimum absolute atomic E-state index is 0.557. The topological polar surface area (TPSA) is 38.9 Å². The van der Waals surface area contributed by atoms with E-state index in [-0.39, 0.29) is 0 Å². The summed E-state index contributed by atoms with van der Waals surface area (Å²) in [7, 11) is 0. The maximum atomic E-state index is 6.65. The minimum atomic E-state index is -0.557. The summed E-state index contributed by atoms with van der Waals surface area (Å²) in [6.45, 7) is 0. The first-order valence-electron chi connectivity index (χ1n) is 21.1. The Kier molecular flexibility index (Phi) is 8.39. The molecule has 290 valence electrons. The SMILES string of the molecule is c1ccc(-c2ccc(-c3cc(-c4cccc5c4oc4ccccc45)nc(-c4ccc5c(c4)C(c4ccccc4)(c4ccccc4)c4ccccc4-5)n3)c(-c3ccccc3)c2)cc1. The molecule has 3 nitrogen and oxygen atoms in total. The van der Waals surface area contributed by atoms with Gasteiger partial charge in [0.2, 0.25) is 0 Å². The molecule has 0 aliphatic heterocycles. The second-order valence-corrected chi connectivity index (χ2v) is 16.0. The second-order valence-electron chi connectivity index (χ2n) is 16.0. The van der Waals surface area contributed by atoms with Gasteiger partial charge in [0.1, 0.15) is 11.2 Å². The monoisotopic (exact) mass is 790 g/mol. The fourth-order valence-corrected chi connectivity index (χ4v) is 9.82. The molecule has 62 heavy (non-hydrogen) atoms. The van der Waals surface area contributed by atoms with Crippen molar-refractivity contribution in [1.82, 2.24) is 9.97 Å². The van der Waals surface area contributed by atoms with Gasteiger partial charge in [-0.3, -0.25) is 0 Å². The zero-order valence-corrected chi connectivity index (χ0v) is 33.7. The van der Waals surface area contributed by atoms with E-state index in [1.807, 2.05) is 12.1 Å². The molecule has 0 atom stereocenters. The van der Waals surface area contributed by atoms with Crippen LogP contribution in [0.5, 0.6) is 0 Å². The molecule has 0 unspecified atom stereocenters. The Bertz CT molecular complexity index is 3410. The standard InChI is InChI=1S/C59H38N2O/c1-5-18-39(19-6-1)41-32-35-47(51(36-41)40-20-7-2-8-21-40)54-38-55(50-29-17-28-49-48-27-14-16-31-56(48)62-57(49)50)61-58(60-54)42-33-34-46-45-26-13-15-30-52(45)59(53(46)37-42,43-22-9-3-10-23-43)44-24-11-4-12-25-44/h1-38H. The number of rotatable bonds is 7. The van der Waals surface area contributed by atoms with Gasteiger partial charge in [0.25, 0.3) is 0 Å². The van der Waals surface area contributed by atoms with Gasteiger partial charge in [0, 0.05) is 27.5 Å². The van der Waals surface area contributed by atoms with Crippen LogP contribution in [-0.4, -0.2) is 9.97 Å². The Hall–Kier alpha value is -8.14. The average molecular weight is 791 g/mol. The van der Waals surface area contributed by atoms with Crippen molar-refractivity contribution in [3.8, 4) is 67.3 Å². The number of benzene rings is 9. The maximum absolute atomic E-state index is 6.65. The number of aromatic nitrogens is 2. The van der Waals surface area contributed by atoms with E-state index in [0.717, 1.165) is 72.3 Å². The molecule has 2 aromatic heterocycles. The predicted molar refractivity (Wildman–Crippen MR) is 254 cm³/mol. The highest BCUT2D eigenvalue weighted by molar-refractivity contribution is 6.09. The molecule has 0 amide bonds. The van der Waals surface area contributed by atoms with Gasteiger partial charge in [0.05, 0.1) is 16.8 Å². The molecule has 2 heterocycles. The van der Waals surface area contributed by atoms with Crippen LogP contribution in [0.15, 0.2) is 235 Å². The number of fused-ring (bicyclic) bond motifs is 6. The molecule has 11 aromatic rings. The van der Waals surface area contributed by atoms with Gasteiger partial charge >= 0.3 is 0 Å². The zero-order chi connectivity index (χ0) is 41.0. The Morgan fingerprint density at radius 1 is 0.323 bits per heavy atom. The smallest absolute Gasteiger partial charge is 0.160 e. The van der Waals surface area contributed by atoms with Crippen molar-refractivity contribution in [2.45, 2.75) is 5.41 Å². The van der Waals surface area contributed by atoms with Crippen LogP contribution < -0.4 is 0 Å². The van der Waals surface area contributed by atoms with Crippen LogP contribution in [-0.2, 0) is 5.41 Å². The van der Waals surface area contributed by atoms with E-state index in [1.54, 1.807) is 0 Å². The van der Waals surface area contributed by atoms with Crippen molar-refractivity contribution in [2.75, 3.05) is 0 Å². The molecule has 3 heteroatoms. The number of para-hydroxylation sites is 2. The van der Waals surface area contributed by atoms with Crippen LogP contribution in [0.4, 0.5) is 0 Å². The molecule has 12 rings (SSSR count). The second kappa shape index (κ2) is 14.5. The van der Waals surface area contributed by atoms with Gasteiger partial charge in [-0.25, -0.2) is 9.97 Å². The lowest BCUT2D eigenvalue weighted by Gasteiger charge is -2.34. The van der Waals surface area contributed by atoms with Crippen molar-refractivity contribution in [1.29, 1.82) is 0 Å². The third-order valence-corrected chi connectivity index (χ3v) is 12.6. The van der Waals surface area contributed by atoms with Crippen LogP contribution in [0.25, 0.3) is 89.2 Å². The summed E-state index contributed by atoms with van der Waals surface area (Å²) in [6, 6.07) is 82.1. The van der Waals surface area contributed by atoms with E-state index in [0.29, 0.717) is 5.82 Å². The first-order chi connectivity index (χ1) is 30.7. The third-order valence-electron chi connectivity index (χ3n) is 12.6. The Balaban J connectivity index is 1.13. The summed E-state index contributed by atoms with van der Waals surface area (Å²) < 4.78 is 6.65. The quantitative estimate of drug-likeness (QED) is 0.161. The van der Waals surface area contributed by atoms with Gasteiger partial charge in [-0.2, -0.15) is 0 Å². The summed E-state index contributed by atoms with van der Waals surface area (Å²) in [4.78, 5) is 11.0. The lowest BCUT2D eigenvalue weighted by Crippen LogP contribution is -2.28. The molecule has 9 aromatic carbocycles. The molecule has 0 saturated heterocycles. The van der Waals surface area contributed by atoms with E-state index >= 15 is 0 Å². The van der Waals surface area contributed by atoms with Crippen LogP contribution >= 0.6 is 0 Å². The highest BCUT2D eigenvalue weighted by atomic mass is 16.3. The lowest BCUT2D eigenvalue weighted by molar-refractivity contribution is 0.670. The van der Waals surface area contributed by atoms with E-state index in [9.17, 15) is 0 Å². The molecular weight excluding hydrogens is 753 g/mol. The van der Waals surface area contributed by atoms with Crippen molar-refractivity contribution in [2.24, 2.45) is 0 Å². The number of hydrogen-bond acceptors (Lipinski definition) is 3. The van der Waals surface area contributed by atoms with E-state index in [2.05, 4.69) is 218 Å². The van der Waals surface area contributed by atoms with Crippen LogP contribution in [0.2, 0.25) is 0 Å².